The van der Waals surface area contributed by atoms with E-state index in [1.807, 2.05) is 13.0 Å². The predicted molar refractivity (Wildman–Crippen MR) is 120 cm³/mol. The van der Waals surface area contributed by atoms with Gasteiger partial charge in [-0.25, -0.2) is 4.68 Å². The number of benzene rings is 1. The Morgan fingerprint density at radius 2 is 1.77 bits per heavy atom. The monoisotopic (exact) mass is 430 g/mol. The van der Waals surface area contributed by atoms with Gasteiger partial charge in [0.2, 0.25) is 0 Å². The second-order valence-corrected chi connectivity index (χ2v) is 9.31. The first-order chi connectivity index (χ1) is 14.5. The van der Waals surface area contributed by atoms with Gasteiger partial charge >= 0.3 is 0 Å². The van der Waals surface area contributed by atoms with Crippen molar-refractivity contribution in [2.24, 2.45) is 13.0 Å². The van der Waals surface area contributed by atoms with Crippen LogP contribution in [0.25, 0.3) is 11.1 Å². The van der Waals surface area contributed by atoms with Crippen LogP contribution >= 0.6 is 11.6 Å². The van der Waals surface area contributed by atoms with Gasteiger partial charge in [0.05, 0.1) is 17.2 Å². The van der Waals surface area contributed by atoms with E-state index in [1.54, 1.807) is 13.1 Å². The van der Waals surface area contributed by atoms with E-state index in [0.29, 0.717) is 34.6 Å². The molecule has 2 aromatic rings. The van der Waals surface area contributed by atoms with Crippen molar-refractivity contribution in [1.29, 1.82) is 0 Å². The Morgan fingerprint density at radius 1 is 1.10 bits per heavy atom. The van der Waals surface area contributed by atoms with Gasteiger partial charge in [0, 0.05) is 18.5 Å². The van der Waals surface area contributed by atoms with E-state index in [0.717, 1.165) is 31.2 Å². The number of rotatable bonds is 5. The van der Waals surface area contributed by atoms with Crippen molar-refractivity contribution in [2.75, 3.05) is 6.61 Å². The summed E-state index contributed by atoms with van der Waals surface area (Å²) in [7, 11) is 1.63. The van der Waals surface area contributed by atoms with Gasteiger partial charge in [-0.2, -0.15) is 5.10 Å². The Morgan fingerprint density at radius 3 is 2.43 bits per heavy atom. The minimum Gasteiger partial charge on any atom is -0.505 e. The van der Waals surface area contributed by atoms with Gasteiger partial charge in [-0.15, -0.1) is 0 Å². The van der Waals surface area contributed by atoms with Crippen molar-refractivity contribution in [3.63, 3.8) is 0 Å². The maximum Gasteiger partial charge on any atom is 0.278 e. The van der Waals surface area contributed by atoms with Crippen LogP contribution in [0.1, 0.15) is 75.0 Å². The molecule has 0 aliphatic heterocycles. The third-order valence-corrected chi connectivity index (χ3v) is 6.76. The number of halogens is 1. The maximum atomic E-state index is 13.0. The lowest BCUT2D eigenvalue weighted by molar-refractivity contribution is 0.219. The highest BCUT2D eigenvalue weighted by Gasteiger charge is 2.32. The summed E-state index contributed by atoms with van der Waals surface area (Å²) in [4.78, 5) is 13.0. The van der Waals surface area contributed by atoms with Crippen molar-refractivity contribution >= 4 is 11.6 Å². The number of aromatic nitrogens is 2. The smallest absolute Gasteiger partial charge is 0.278 e. The lowest BCUT2D eigenvalue weighted by atomic mass is 9.92. The highest BCUT2D eigenvalue weighted by atomic mass is 35.5. The van der Waals surface area contributed by atoms with E-state index in [9.17, 15) is 9.90 Å². The Kier molecular flexibility index (Phi) is 6.37. The van der Waals surface area contributed by atoms with Crippen LogP contribution in [0.2, 0.25) is 5.02 Å². The molecule has 1 aromatic heterocycles. The molecule has 1 aromatic carbocycles. The predicted octanol–water partition coefficient (Wildman–Crippen LogP) is 5.73. The molecule has 2 fully saturated rings. The van der Waals surface area contributed by atoms with Gasteiger partial charge in [-0.05, 0) is 50.2 Å². The molecule has 0 saturated heterocycles. The van der Waals surface area contributed by atoms with Crippen molar-refractivity contribution < 1.29 is 9.84 Å². The van der Waals surface area contributed by atoms with E-state index in [4.69, 9.17) is 16.3 Å². The third-order valence-electron chi connectivity index (χ3n) is 6.47. The fourth-order valence-electron chi connectivity index (χ4n) is 4.52. The topological polar surface area (TPSA) is 64.3 Å². The molecule has 6 heteroatoms. The summed E-state index contributed by atoms with van der Waals surface area (Å²) in [5.74, 6) is 1.18. The number of nitrogens with zero attached hydrogens (tertiary/aromatic N) is 2. The highest BCUT2D eigenvalue weighted by molar-refractivity contribution is 6.32. The molecule has 4 rings (SSSR count). The van der Waals surface area contributed by atoms with Crippen LogP contribution in [-0.4, -0.2) is 21.5 Å². The lowest BCUT2D eigenvalue weighted by Gasteiger charge is -2.22. The van der Waals surface area contributed by atoms with Gasteiger partial charge in [0.1, 0.15) is 11.4 Å². The zero-order valence-corrected chi connectivity index (χ0v) is 18.7. The Balaban J connectivity index is 1.73. The largest absolute Gasteiger partial charge is 0.505 e. The molecule has 0 radical (unpaired) electrons. The minimum absolute atomic E-state index is 0.0261. The molecule has 0 spiro atoms. The van der Waals surface area contributed by atoms with Crippen LogP contribution in [0.3, 0.4) is 0 Å². The number of aryl methyl sites for hydroxylation is 2. The second kappa shape index (κ2) is 9.01. The van der Waals surface area contributed by atoms with Crippen LogP contribution in [-0.2, 0) is 7.05 Å². The van der Waals surface area contributed by atoms with Crippen LogP contribution in [0.15, 0.2) is 16.9 Å². The molecular weight excluding hydrogens is 400 g/mol. The summed E-state index contributed by atoms with van der Waals surface area (Å²) in [5.41, 5.74) is 1.96. The number of hydrogen-bond acceptors (Lipinski definition) is 4. The second-order valence-electron chi connectivity index (χ2n) is 8.90. The summed E-state index contributed by atoms with van der Waals surface area (Å²) in [6.07, 6.45) is 10.7. The summed E-state index contributed by atoms with van der Waals surface area (Å²) >= 11 is 6.56. The van der Waals surface area contributed by atoms with Gasteiger partial charge in [0.15, 0.2) is 5.75 Å². The number of aromatic hydroxyl groups is 1. The average molecular weight is 431 g/mol. The summed E-state index contributed by atoms with van der Waals surface area (Å²) in [6.45, 7) is 2.50. The molecule has 0 bridgehead atoms. The zero-order valence-electron chi connectivity index (χ0n) is 17.9. The maximum absolute atomic E-state index is 13.0. The zero-order chi connectivity index (χ0) is 21.3. The normalized spacial score (nSPS) is 18.1. The molecule has 2 aliphatic rings. The molecule has 0 amide bonds. The van der Waals surface area contributed by atoms with E-state index in [2.05, 4.69) is 5.10 Å². The van der Waals surface area contributed by atoms with E-state index in [1.165, 1.54) is 36.8 Å². The third kappa shape index (κ3) is 4.36. The number of hydrogen-bond donors (Lipinski definition) is 1. The van der Waals surface area contributed by atoms with Crippen LogP contribution < -0.4 is 10.3 Å². The minimum atomic E-state index is -0.335. The molecule has 0 atom stereocenters. The van der Waals surface area contributed by atoms with E-state index in [-0.39, 0.29) is 22.8 Å². The molecule has 1 heterocycles. The molecule has 1 N–H and O–H groups in total. The molecule has 162 valence electrons. The first-order valence-corrected chi connectivity index (χ1v) is 11.6. The van der Waals surface area contributed by atoms with Crippen molar-refractivity contribution in [1.82, 2.24) is 9.78 Å². The van der Waals surface area contributed by atoms with Gasteiger partial charge in [-0.3, -0.25) is 4.79 Å². The Labute approximate surface area is 183 Å². The Hall–Kier alpha value is -2.01. The fraction of sp³-hybridized carbons (Fsp3) is 0.583. The van der Waals surface area contributed by atoms with Crippen molar-refractivity contribution in [3.8, 4) is 22.6 Å². The van der Waals surface area contributed by atoms with Gasteiger partial charge in [-0.1, -0.05) is 49.8 Å². The van der Waals surface area contributed by atoms with Crippen molar-refractivity contribution in [3.05, 3.63) is 38.8 Å². The Bertz CT molecular complexity index is 973. The molecule has 2 saturated carbocycles. The highest BCUT2D eigenvalue weighted by Crippen LogP contribution is 2.47. The molecular formula is C24H31ClN2O3. The van der Waals surface area contributed by atoms with Crippen LogP contribution in [0, 0.1) is 12.8 Å². The quantitative estimate of drug-likeness (QED) is 0.657. The van der Waals surface area contributed by atoms with Gasteiger partial charge < -0.3 is 9.84 Å². The van der Waals surface area contributed by atoms with Crippen molar-refractivity contribution in [2.45, 2.75) is 70.6 Å². The summed E-state index contributed by atoms with van der Waals surface area (Å²) < 4.78 is 7.61. The summed E-state index contributed by atoms with van der Waals surface area (Å²) in [6, 6.07) is 3.68. The average Bonchev–Trinajstić information content (AvgIpc) is 3.53. The molecule has 0 unspecified atom stereocenters. The molecule has 30 heavy (non-hydrogen) atoms. The first kappa shape index (κ1) is 21.2. The van der Waals surface area contributed by atoms with Crippen LogP contribution in [0.4, 0.5) is 0 Å². The molecule has 2 aliphatic carbocycles. The first-order valence-electron chi connectivity index (χ1n) is 11.2. The fourth-order valence-corrected chi connectivity index (χ4v) is 4.73. The standard InChI is InChI=1S/C24H31ClN2O3/c1-15-10-13-18(25)23(30-14-16-8-6-4-3-5-7-9-16)19(15)20-22(28)21(17-11-12-17)26-27(2)24(20)29/h10,13,16-17,28H,3-9,11-12,14H2,1-2H3. The summed E-state index contributed by atoms with van der Waals surface area (Å²) in [5, 5.41) is 15.8. The SMILES string of the molecule is Cc1ccc(Cl)c(OCC2CCCCCCC2)c1-c1c(O)c(C2CC2)nn(C)c1=O. The number of ether oxygens (including phenoxy) is 1. The van der Waals surface area contributed by atoms with Crippen LogP contribution in [0.5, 0.6) is 11.5 Å². The van der Waals surface area contributed by atoms with E-state index >= 15 is 0 Å². The lowest BCUT2D eigenvalue weighted by Crippen LogP contribution is -2.23. The molecule has 5 nitrogen and oxygen atoms in total. The van der Waals surface area contributed by atoms with Gasteiger partial charge in [0.25, 0.3) is 5.56 Å². The van der Waals surface area contributed by atoms with E-state index < -0.39 is 0 Å².